The summed E-state index contributed by atoms with van der Waals surface area (Å²) in [6, 6.07) is 10.7. The first-order valence-corrected chi connectivity index (χ1v) is 7.15. The monoisotopic (exact) mass is 318 g/mol. The van der Waals surface area contributed by atoms with E-state index in [1.807, 2.05) is 26.0 Å². The number of carbonyl (C=O) groups is 1. The highest BCUT2D eigenvalue weighted by Gasteiger charge is 2.12. The minimum absolute atomic E-state index is 0.193. The van der Waals surface area contributed by atoms with Crippen molar-refractivity contribution in [3.05, 3.63) is 63.7 Å². The first-order valence-electron chi connectivity index (χ1n) is 6.37. The first-order chi connectivity index (χ1) is 9.90. The zero-order valence-electron chi connectivity index (χ0n) is 11.7. The van der Waals surface area contributed by atoms with Gasteiger partial charge in [-0.1, -0.05) is 36.0 Å². The summed E-state index contributed by atoms with van der Waals surface area (Å²) >= 11 is 11.0. The topological polar surface area (TPSA) is 55.1 Å². The van der Waals surface area contributed by atoms with Crippen LogP contribution in [0.4, 0.5) is 5.69 Å². The molecule has 0 radical (unpaired) electrons. The van der Waals surface area contributed by atoms with Crippen molar-refractivity contribution in [3.63, 3.8) is 0 Å². The average molecular weight is 319 g/mol. The lowest BCUT2D eigenvalue weighted by Gasteiger charge is -2.11. The van der Waals surface area contributed by atoms with Crippen LogP contribution in [0, 0.1) is 13.8 Å². The van der Waals surface area contributed by atoms with Crippen LogP contribution in [0.2, 0.25) is 5.02 Å². The van der Waals surface area contributed by atoms with Gasteiger partial charge in [-0.3, -0.25) is 4.79 Å². The number of thiocarbonyl (C=S) groups is 1. The first kappa shape index (κ1) is 15.5. The molecule has 0 aliphatic heterocycles. The van der Waals surface area contributed by atoms with Crippen LogP contribution in [-0.2, 0) is 0 Å². The second-order valence-electron chi connectivity index (χ2n) is 4.76. The smallest absolute Gasteiger partial charge is 0.255 e. The summed E-state index contributed by atoms with van der Waals surface area (Å²) in [5.74, 6) is -0.193. The summed E-state index contributed by atoms with van der Waals surface area (Å²) in [6.07, 6.45) is 0. The van der Waals surface area contributed by atoms with E-state index in [0.29, 0.717) is 21.8 Å². The molecule has 0 aliphatic carbocycles. The van der Waals surface area contributed by atoms with Gasteiger partial charge in [0.25, 0.3) is 5.91 Å². The lowest BCUT2D eigenvalue weighted by atomic mass is 10.0. The average Bonchev–Trinajstić information content (AvgIpc) is 2.43. The van der Waals surface area contributed by atoms with Gasteiger partial charge in [0.05, 0.1) is 10.7 Å². The van der Waals surface area contributed by atoms with E-state index in [4.69, 9.17) is 29.6 Å². The van der Waals surface area contributed by atoms with Gasteiger partial charge < -0.3 is 11.1 Å². The molecule has 2 aromatic carbocycles. The van der Waals surface area contributed by atoms with Gasteiger partial charge in [-0.25, -0.2) is 0 Å². The molecule has 0 aromatic heterocycles. The number of aryl methyl sites for hydroxylation is 1. The molecule has 5 heteroatoms. The third kappa shape index (κ3) is 3.40. The minimum atomic E-state index is -0.193. The fourth-order valence-electron chi connectivity index (χ4n) is 1.96. The van der Waals surface area contributed by atoms with Gasteiger partial charge >= 0.3 is 0 Å². The number of halogens is 1. The van der Waals surface area contributed by atoms with E-state index < -0.39 is 0 Å². The fourth-order valence-corrected chi connectivity index (χ4v) is 2.31. The second kappa shape index (κ2) is 6.24. The summed E-state index contributed by atoms with van der Waals surface area (Å²) < 4.78 is 0. The van der Waals surface area contributed by atoms with Crippen LogP contribution in [-0.4, -0.2) is 10.9 Å². The summed E-state index contributed by atoms with van der Waals surface area (Å²) in [5, 5.41) is 3.21. The number of benzene rings is 2. The van der Waals surface area contributed by atoms with E-state index in [0.717, 1.165) is 11.1 Å². The second-order valence-corrected chi connectivity index (χ2v) is 5.61. The molecule has 0 saturated carbocycles. The zero-order valence-corrected chi connectivity index (χ0v) is 13.3. The van der Waals surface area contributed by atoms with Crippen LogP contribution in [0.5, 0.6) is 0 Å². The Morgan fingerprint density at radius 3 is 2.57 bits per heavy atom. The zero-order chi connectivity index (χ0) is 15.6. The van der Waals surface area contributed by atoms with Crippen LogP contribution in [0.25, 0.3) is 0 Å². The summed E-state index contributed by atoms with van der Waals surface area (Å²) in [7, 11) is 0. The quantitative estimate of drug-likeness (QED) is 0.845. The molecule has 2 aromatic rings. The van der Waals surface area contributed by atoms with Crippen molar-refractivity contribution in [3.8, 4) is 0 Å². The molecule has 0 saturated heterocycles. The predicted molar refractivity (Wildman–Crippen MR) is 91.2 cm³/mol. The number of amides is 1. The molecule has 3 N–H and O–H groups in total. The summed E-state index contributed by atoms with van der Waals surface area (Å²) in [6.45, 7) is 3.89. The van der Waals surface area contributed by atoms with Crippen LogP contribution >= 0.6 is 23.8 Å². The highest BCUT2D eigenvalue weighted by molar-refractivity contribution is 7.80. The molecule has 0 fully saturated rings. The van der Waals surface area contributed by atoms with Gasteiger partial charge in [0, 0.05) is 11.1 Å². The van der Waals surface area contributed by atoms with Crippen LogP contribution in [0.3, 0.4) is 0 Å². The SMILES string of the molecule is Cc1cccc(C(=O)Nc2ccc(C(N)=S)cc2Cl)c1C. The highest BCUT2D eigenvalue weighted by Crippen LogP contribution is 2.24. The van der Waals surface area contributed by atoms with Crippen molar-refractivity contribution in [1.82, 2.24) is 0 Å². The Kier molecular flexibility index (Phi) is 4.60. The summed E-state index contributed by atoms with van der Waals surface area (Å²) in [4.78, 5) is 12.6. The molecule has 0 bridgehead atoms. The molecule has 0 aliphatic rings. The third-order valence-corrected chi connectivity index (χ3v) is 3.90. The van der Waals surface area contributed by atoms with Gasteiger partial charge in [-0.2, -0.15) is 0 Å². The predicted octanol–water partition coefficient (Wildman–Crippen LogP) is 3.84. The molecule has 3 nitrogen and oxygen atoms in total. The van der Waals surface area contributed by atoms with E-state index >= 15 is 0 Å². The molecule has 108 valence electrons. The lowest BCUT2D eigenvalue weighted by Crippen LogP contribution is -2.15. The van der Waals surface area contributed by atoms with Crippen molar-refractivity contribution < 1.29 is 4.79 Å². The van der Waals surface area contributed by atoms with Crippen molar-refractivity contribution in [2.45, 2.75) is 13.8 Å². The van der Waals surface area contributed by atoms with Crippen LogP contribution in [0.1, 0.15) is 27.0 Å². The van der Waals surface area contributed by atoms with Gasteiger partial charge in [0.2, 0.25) is 0 Å². The molecule has 21 heavy (non-hydrogen) atoms. The molecular weight excluding hydrogens is 304 g/mol. The van der Waals surface area contributed by atoms with Crippen molar-refractivity contribution in [1.29, 1.82) is 0 Å². The van der Waals surface area contributed by atoms with Gasteiger partial charge in [0.15, 0.2) is 0 Å². The maximum absolute atomic E-state index is 12.3. The number of carbonyl (C=O) groups excluding carboxylic acids is 1. The van der Waals surface area contributed by atoms with E-state index in [9.17, 15) is 4.79 Å². The van der Waals surface area contributed by atoms with Crippen molar-refractivity contribution >= 4 is 40.4 Å². The maximum Gasteiger partial charge on any atom is 0.255 e. The third-order valence-electron chi connectivity index (χ3n) is 3.35. The number of rotatable bonds is 3. The Hall–Kier alpha value is -1.91. The number of hydrogen-bond donors (Lipinski definition) is 2. The molecule has 0 heterocycles. The molecule has 0 spiro atoms. The molecule has 1 amide bonds. The van der Waals surface area contributed by atoms with Gasteiger partial charge in [0.1, 0.15) is 4.99 Å². The Balaban J connectivity index is 2.28. The molecular formula is C16H15ClN2OS. The number of nitrogens with two attached hydrogens (primary N) is 1. The van der Waals surface area contributed by atoms with Crippen molar-refractivity contribution in [2.24, 2.45) is 5.73 Å². The molecule has 0 unspecified atom stereocenters. The van der Waals surface area contributed by atoms with E-state index in [1.54, 1.807) is 24.3 Å². The largest absolute Gasteiger partial charge is 0.389 e. The Morgan fingerprint density at radius 1 is 1.24 bits per heavy atom. The standard InChI is InChI=1S/C16H15ClN2OS/c1-9-4-3-5-12(10(9)2)16(20)19-14-7-6-11(15(18)21)8-13(14)17/h3-8H,1-2H3,(H2,18,21)(H,19,20). The lowest BCUT2D eigenvalue weighted by molar-refractivity contribution is 0.102. The molecule has 0 atom stereocenters. The maximum atomic E-state index is 12.3. The van der Waals surface area contributed by atoms with Crippen LogP contribution < -0.4 is 11.1 Å². The molecule has 2 rings (SSSR count). The van der Waals surface area contributed by atoms with Gasteiger partial charge in [-0.05, 0) is 49.2 Å². The Morgan fingerprint density at radius 2 is 1.95 bits per heavy atom. The number of nitrogens with one attached hydrogen (secondary N) is 1. The summed E-state index contributed by atoms with van der Waals surface area (Å²) in [5.41, 5.74) is 9.39. The van der Waals surface area contributed by atoms with Crippen molar-refractivity contribution in [2.75, 3.05) is 5.32 Å². The Labute approximate surface area is 134 Å². The highest BCUT2D eigenvalue weighted by atomic mass is 35.5. The van der Waals surface area contributed by atoms with Crippen LogP contribution in [0.15, 0.2) is 36.4 Å². The van der Waals surface area contributed by atoms with E-state index in [2.05, 4.69) is 5.32 Å². The fraction of sp³-hybridized carbons (Fsp3) is 0.125. The van der Waals surface area contributed by atoms with E-state index in [-0.39, 0.29) is 10.9 Å². The minimum Gasteiger partial charge on any atom is -0.389 e. The van der Waals surface area contributed by atoms with E-state index in [1.165, 1.54) is 0 Å². The van der Waals surface area contributed by atoms with Gasteiger partial charge in [-0.15, -0.1) is 0 Å². The normalized spacial score (nSPS) is 10.2. The number of hydrogen-bond acceptors (Lipinski definition) is 2. The Bertz CT molecular complexity index is 728. The number of anilines is 1.